The van der Waals surface area contributed by atoms with Gasteiger partial charge in [-0.25, -0.2) is 0 Å². The number of nitrogens with zero attached hydrogens (tertiary/aromatic N) is 1. The molecule has 0 fully saturated rings. The van der Waals surface area contributed by atoms with Gasteiger partial charge < -0.3 is 0 Å². The summed E-state index contributed by atoms with van der Waals surface area (Å²) in [5.41, 5.74) is 3.03. The molecule has 2 nitrogen and oxygen atoms in total. The zero-order valence-corrected chi connectivity index (χ0v) is 12.5. The molecule has 0 saturated heterocycles. The summed E-state index contributed by atoms with van der Waals surface area (Å²) >= 11 is 5.96. The number of ketones is 1. The smallest absolute Gasteiger partial charge is 0.176 e. The molecule has 0 aliphatic rings. The van der Waals surface area contributed by atoms with Crippen LogP contribution >= 0.6 is 11.6 Å². The number of aryl methyl sites for hydroxylation is 1. The molecule has 0 radical (unpaired) electrons. The van der Waals surface area contributed by atoms with Crippen LogP contribution in [0.15, 0.2) is 48.5 Å². The van der Waals surface area contributed by atoms with Gasteiger partial charge >= 0.3 is 0 Å². The Bertz CT molecular complexity index is 592. The highest BCUT2D eigenvalue weighted by molar-refractivity contribution is 6.30. The van der Waals surface area contributed by atoms with Crippen LogP contribution in [0.3, 0.4) is 0 Å². The van der Waals surface area contributed by atoms with Crippen molar-refractivity contribution in [1.82, 2.24) is 4.90 Å². The number of carbonyl (C=O) groups is 1. The zero-order valence-electron chi connectivity index (χ0n) is 11.8. The van der Waals surface area contributed by atoms with E-state index in [1.165, 1.54) is 0 Å². The Labute approximate surface area is 125 Å². The van der Waals surface area contributed by atoms with Gasteiger partial charge in [-0.1, -0.05) is 53.6 Å². The van der Waals surface area contributed by atoms with Crippen LogP contribution in [0.1, 0.15) is 21.5 Å². The molecule has 0 spiro atoms. The fourth-order valence-corrected chi connectivity index (χ4v) is 2.29. The molecule has 0 aliphatic heterocycles. The van der Waals surface area contributed by atoms with Gasteiger partial charge in [-0.3, -0.25) is 9.69 Å². The van der Waals surface area contributed by atoms with Gasteiger partial charge in [0.1, 0.15) is 0 Å². The first-order valence-electron chi connectivity index (χ1n) is 6.57. The van der Waals surface area contributed by atoms with Crippen LogP contribution in [0.25, 0.3) is 0 Å². The highest BCUT2D eigenvalue weighted by Gasteiger charge is 2.09. The Balaban J connectivity index is 1.95. The Morgan fingerprint density at radius 2 is 1.85 bits per heavy atom. The molecule has 0 unspecified atom stereocenters. The molecule has 20 heavy (non-hydrogen) atoms. The lowest BCUT2D eigenvalue weighted by Gasteiger charge is -2.16. The van der Waals surface area contributed by atoms with Crippen molar-refractivity contribution in [2.24, 2.45) is 0 Å². The van der Waals surface area contributed by atoms with Crippen molar-refractivity contribution in [2.75, 3.05) is 13.6 Å². The molecular formula is C17H18ClNO. The average molecular weight is 288 g/mol. The lowest BCUT2D eigenvalue weighted by Crippen LogP contribution is -2.25. The molecule has 3 heteroatoms. The predicted octanol–water partition coefficient (Wildman–Crippen LogP) is 3.96. The van der Waals surface area contributed by atoms with E-state index in [9.17, 15) is 4.79 Å². The minimum absolute atomic E-state index is 0.134. The molecule has 0 amide bonds. The number of benzene rings is 2. The SMILES string of the molecule is Cc1ccc(C(=O)CN(C)Cc2cccc(Cl)c2)cc1. The second-order valence-electron chi connectivity index (χ2n) is 5.09. The molecule has 2 rings (SSSR count). The van der Waals surface area contributed by atoms with E-state index in [1.54, 1.807) is 0 Å². The lowest BCUT2D eigenvalue weighted by molar-refractivity contribution is 0.0943. The second kappa shape index (κ2) is 6.69. The van der Waals surface area contributed by atoms with E-state index < -0.39 is 0 Å². The van der Waals surface area contributed by atoms with Gasteiger partial charge in [0.2, 0.25) is 0 Å². The van der Waals surface area contributed by atoms with E-state index in [1.807, 2.05) is 67.4 Å². The standard InChI is InChI=1S/C17H18ClNO/c1-13-6-8-15(9-7-13)17(20)12-19(2)11-14-4-3-5-16(18)10-14/h3-10H,11-12H2,1-2H3. The Morgan fingerprint density at radius 3 is 2.50 bits per heavy atom. The number of hydrogen-bond donors (Lipinski definition) is 0. The van der Waals surface area contributed by atoms with Crippen LogP contribution in [0.5, 0.6) is 0 Å². The van der Waals surface area contributed by atoms with Crippen LogP contribution in [0, 0.1) is 6.92 Å². The third kappa shape index (κ3) is 4.19. The van der Waals surface area contributed by atoms with Crippen LogP contribution < -0.4 is 0 Å². The molecule has 0 aliphatic carbocycles. The Morgan fingerprint density at radius 1 is 1.15 bits per heavy atom. The van der Waals surface area contributed by atoms with Crippen molar-refractivity contribution in [2.45, 2.75) is 13.5 Å². The van der Waals surface area contributed by atoms with Crippen molar-refractivity contribution >= 4 is 17.4 Å². The molecule has 0 heterocycles. The van der Waals surface area contributed by atoms with E-state index in [-0.39, 0.29) is 5.78 Å². The molecule has 0 aromatic heterocycles. The summed E-state index contributed by atoms with van der Waals surface area (Å²) in [6.45, 7) is 3.12. The van der Waals surface area contributed by atoms with Gasteiger partial charge in [0, 0.05) is 17.1 Å². The number of carbonyl (C=O) groups excluding carboxylic acids is 1. The predicted molar refractivity (Wildman–Crippen MR) is 83.3 cm³/mol. The van der Waals surface area contributed by atoms with E-state index in [2.05, 4.69) is 0 Å². The molecule has 2 aromatic carbocycles. The van der Waals surface area contributed by atoms with Gasteiger partial charge in [0.15, 0.2) is 5.78 Å². The van der Waals surface area contributed by atoms with Crippen molar-refractivity contribution in [3.05, 3.63) is 70.2 Å². The molecule has 2 aromatic rings. The zero-order chi connectivity index (χ0) is 14.5. The summed E-state index contributed by atoms with van der Waals surface area (Å²) < 4.78 is 0. The quantitative estimate of drug-likeness (QED) is 0.776. The van der Waals surface area contributed by atoms with E-state index in [0.29, 0.717) is 13.1 Å². The normalized spacial score (nSPS) is 10.8. The molecule has 104 valence electrons. The molecule has 0 saturated carbocycles. The number of Topliss-reactive ketones (excluding diaryl/α,β-unsaturated/α-hetero) is 1. The van der Waals surface area contributed by atoms with Crippen molar-refractivity contribution in [3.63, 3.8) is 0 Å². The minimum Gasteiger partial charge on any atom is -0.295 e. The third-order valence-electron chi connectivity index (χ3n) is 3.13. The first kappa shape index (κ1) is 14.8. The van der Waals surface area contributed by atoms with Crippen LogP contribution in [-0.4, -0.2) is 24.3 Å². The second-order valence-corrected chi connectivity index (χ2v) is 5.53. The number of likely N-dealkylation sites (N-methyl/N-ethyl adjacent to an activating group) is 1. The third-order valence-corrected chi connectivity index (χ3v) is 3.36. The van der Waals surface area contributed by atoms with Crippen LogP contribution in [-0.2, 0) is 6.54 Å². The number of hydrogen-bond acceptors (Lipinski definition) is 2. The summed E-state index contributed by atoms with van der Waals surface area (Å²) in [4.78, 5) is 14.1. The fourth-order valence-electron chi connectivity index (χ4n) is 2.08. The molecule has 0 atom stereocenters. The molecule has 0 N–H and O–H groups in total. The van der Waals surface area contributed by atoms with Gasteiger partial charge in [-0.05, 0) is 31.7 Å². The van der Waals surface area contributed by atoms with Gasteiger partial charge in [0.05, 0.1) is 6.54 Å². The van der Waals surface area contributed by atoms with E-state index >= 15 is 0 Å². The topological polar surface area (TPSA) is 20.3 Å². The van der Waals surface area contributed by atoms with Gasteiger partial charge in [0.25, 0.3) is 0 Å². The fraction of sp³-hybridized carbons (Fsp3) is 0.235. The first-order chi connectivity index (χ1) is 9.54. The summed E-state index contributed by atoms with van der Waals surface area (Å²) in [6.07, 6.45) is 0. The summed E-state index contributed by atoms with van der Waals surface area (Å²) in [7, 11) is 1.94. The Kier molecular flexibility index (Phi) is 4.94. The van der Waals surface area contributed by atoms with Crippen molar-refractivity contribution < 1.29 is 4.79 Å². The monoisotopic (exact) mass is 287 g/mol. The van der Waals surface area contributed by atoms with Crippen LogP contribution in [0.4, 0.5) is 0 Å². The molecule has 0 bridgehead atoms. The Hall–Kier alpha value is -1.64. The summed E-state index contributed by atoms with van der Waals surface area (Å²) in [5, 5.41) is 0.723. The van der Waals surface area contributed by atoms with E-state index in [0.717, 1.165) is 21.7 Å². The van der Waals surface area contributed by atoms with Gasteiger partial charge in [-0.2, -0.15) is 0 Å². The summed E-state index contributed by atoms with van der Waals surface area (Å²) in [6, 6.07) is 15.4. The lowest BCUT2D eigenvalue weighted by atomic mass is 10.1. The number of rotatable bonds is 5. The highest BCUT2D eigenvalue weighted by atomic mass is 35.5. The maximum absolute atomic E-state index is 12.2. The van der Waals surface area contributed by atoms with Crippen molar-refractivity contribution in [1.29, 1.82) is 0 Å². The van der Waals surface area contributed by atoms with Crippen molar-refractivity contribution in [3.8, 4) is 0 Å². The maximum Gasteiger partial charge on any atom is 0.176 e. The van der Waals surface area contributed by atoms with E-state index in [4.69, 9.17) is 11.6 Å². The molecular weight excluding hydrogens is 270 g/mol. The minimum atomic E-state index is 0.134. The number of halogens is 1. The highest BCUT2D eigenvalue weighted by Crippen LogP contribution is 2.12. The average Bonchev–Trinajstić information content (AvgIpc) is 2.39. The first-order valence-corrected chi connectivity index (χ1v) is 6.95. The van der Waals surface area contributed by atoms with Crippen LogP contribution in [0.2, 0.25) is 5.02 Å². The van der Waals surface area contributed by atoms with Gasteiger partial charge in [-0.15, -0.1) is 0 Å². The largest absolute Gasteiger partial charge is 0.295 e. The maximum atomic E-state index is 12.2. The summed E-state index contributed by atoms with van der Waals surface area (Å²) in [5.74, 6) is 0.134.